The number of methoxy groups -OCH3 is 1. The number of benzene rings is 2. The van der Waals surface area contributed by atoms with Gasteiger partial charge in [0.05, 0.1) is 41.5 Å². The number of nitro benzene ring substituents is 1. The number of hydrogen-bond donors (Lipinski definition) is 2. The summed E-state index contributed by atoms with van der Waals surface area (Å²) >= 11 is 0. The molecule has 0 radical (unpaired) electrons. The number of hydrogen-bond acceptors (Lipinski definition) is 7. The molecule has 0 aliphatic rings. The Bertz CT molecular complexity index is 952. The van der Waals surface area contributed by atoms with E-state index < -0.39 is 22.4 Å². The minimum atomic E-state index is -0.906. The summed E-state index contributed by atoms with van der Waals surface area (Å²) in [7, 11) is 1.22. The van der Waals surface area contributed by atoms with Gasteiger partial charge in [0.2, 0.25) is 0 Å². The smallest absolute Gasteiger partial charge is 0.274 e. The molecule has 0 unspecified atom stereocenters. The predicted octanol–water partition coefficient (Wildman–Crippen LogP) is 2.08. The number of carbonyl (C=O) groups is 1. The summed E-state index contributed by atoms with van der Waals surface area (Å²) in [4.78, 5) is 22.1. The minimum absolute atomic E-state index is 0.0520. The number of aromatic hydroxyl groups is 1. The van der Waals surface area contributed by atoms with Crippen LogP contribution >= 0.6 is 0 Å². The van der Waals surface area contributed by atoms with E-state index in [0.29, 0.717) is 0 Å². The highest BCUT2D eigenvalue weighted by molar-refractivity contribution is 5.95. The second kappa shape index (κ2) is 7.71. The van der Waals surface area contributed by atoms with E-state index in [2.05, 4.69) is 5.10 Å². The number of non-ortho nitro benzene ring substituents is 1. The van der Waals surface area contributed by atoms with Crippen molar-refractivity contribution in [2.45, 2.75) is 0 Å². The minimum Gasteiger partial charge on any atom is -0.504 e. The second-order valence-electron chi connectivity index (χ2n) is 4.85. The number of rotatable bonds is 5. The summed E-state index contributed by atoms with van der Waals surface area (Å²) in [5.74, 6) is -2.37. The Kier molecular flexibility index (Phi) is 5.44. The van der Waals surface area contributed by atoms with Gasteiger partial charge in [-0.2, -0.15) is 10.4 Å². The SMILES string of the molecule is COc1cc([N+](=O)[O-])cc(/C=N\NC(=O)c2ccc(C#N)cc2F)c1O. The van der Waals surface area contributed by atoms with Crippen LogP contribution in [0.4, 0.5) is 10.1 Å². The number of halogens is 1. The van der Waals surface area contributed by atoms with Crippen LogP contribution in [0.2, 0.25) is 0 Å². The highest BCUT2D eigenvalue weighted by Gasteiger charge is 2.16. The molecule has 0 heterocycles. The van der Waals surface area contributed by atoms with Gasteiger partial charge in [0.25, 0.3) is 11.6 Å². The average Bonchev–Trinajstić information content (AvgIpc) is 2.62. The monoisotopic (exact) mass is 358 g/mol. The Morgan fingerprint density at radius 1 is 1.46 bits per heavy atom. The van der Waals surface area contributed by atoms with E-state index in [1.54, 1.807) is 6.07 Å². The van der Waals surface area contributed by atoms with Gasteiger partial charge in [-0.25, -0.2) is 9.82 Å². The van der Waals surface area contributed by atoms with Gasteiger partial charge in [0.1, 0.15) is 5.82 Å². The van der Waals surface area contributed by atoms with Gasteiger partial charge in [-0.3, -0.25) is 14.9 Å². The Balaban J connectivity index is 2.23. The third-order valence-electron chi connectivity index (χ3n) is 3.23. The second-order valence-corrected chi connectivity index (χ2v) is 4.85. The Morgan fingerprint density at radius 2 is 2.19 bits per heavy atom. The van der Waals surface area contributed by atoms with E-state index in [-0.39, 0.29) is 28.1 Å². The van der Waals surface area contributed by atoms with E-state index in [9.17, 15) is 24.4 Å². The fourth-order valence-electron chi connectivity index (χ4n) is 1.96. The molecule has 0 saturated heterocycles. The predicted molar refractivity (Wildman–Crippen MR) is 87.5 cm³/mol. The molecule has 2 aromatic rings. The summed E-state index contributed by atoms with van der Waals surface area (Å²) in [5.41, 5.74) is 1.29. The summed E-state index contributed by atoms with van der Waals surface area (Å²) in [6.45, 7) is 0. The van der Waals surface area contributed by atoms with Crippen molar-refractivity contribution in [1.29, 1.82) is 5.26 Å². The van der Waals surface area contributed by atoms with E-state index >= 15 is 0 Å². The number of hydrazone groups is 1. The molecular formula is C16H11FN4O5. The number of nitriles is 1. The molecule has 0 spiro atoms. The molecule has 10 heteroatoms. The van der Waals surface area contributed by atoms with Crippen LogP contribution in [0.3, 0.4) is 0 Å². The first-order valence-corrected chi connectivity index (χ1v) is 6.95. The van der Waals surface area contributed by atoms with Crippen molar-refractivity contribution in [3.05, 3.63) is 63.0 Å². The molecule has 132 valence electrons. The zero-order valence-corrected chi connectivity index (χ0v) is 13.3. The lowest BCUT2D eigenvalue weighted by Gasteiger charge is -2.06. The Morgan fingerprint density at radius 3 is 2.77 bits per heavy atom. The summed E-state index contributed by atoms with van der Waals surface area (Å²) in [5, 5.41) is 33.0. The summed E-state index contributed by atoms with van der Waals surface area (Å²) < 4.78 is 18.6. The molecule has 0 atom stereocenters. The van der Waals surface area contributed by atoms with E-state index in [4.69, 9.17) is 10.00 Å². The molecule has 1 amide bonds. The lowest BCUT2D eigenvalue weighted by molar-refractivity contribution is -0.385. The van der Waals surface area contributed by atoms with Crippen molar-refractivity contribution < 1.29 is 24.0 Å². The van der Waals surface area contributed by atoms with Crippen LogP contribution in [0.15, 0.2) is 35.4 Å². The van der Waals surface area contributed by atoms with Crippen LogP contribution in [0.25, 0.3) is 0 Å². The van der Waals surface area contributed by atoms with Crippen LogP contribution in [0.5, 0.6) is 11.5 Å². The molecule has 0 saturated carbocycles. The lowest BCUT2D eigenvalue weighted by atomic mass is 10.1. The van der Waals surface area contributed by atoms with Gasteiger partial charge in [-0.15, -0.1) is 0 Å². The van der Waals surface area contributed by atoms with Crippen LogP contribution in [-0.2, 0) is 0 Å². The summed E-state index contributed by atoms with van der Waals surface area (Å²) in [6.07, 6.45) is 0.949. The molecule has 0 bridgehead atoms. The van der Waals surface area contributed by atoms with Crippen molar-refractivity contribution in [3.63, 3.8) is 0 Å². The largest absolute Gasteiger partial charge is 0.504 e. The molecular weight excluding hydrogens is 347 g/mol. The fraction of sp³-hybridized carbons (Fsp3) is 0.0625. The maximum absolute atomic E-state index is 13.7. The molecule has 0 aliphatic heterocycles. The maximum Gasteiger partial charge on any atom is 0.274 e. The third kappa shape index (κ3) is 3.90. The number of nitro groups is 1. The number of amides is 1. The lowest BCUT2D eigenvalue weighted by Crippen LogP contribution is -2.19. The average molecular weight is 358 g/mol. The van der Waals surface area contributed by atoms with Crippen molar-refractivity contribution in [2.75, 3.05) is 7.11 Å². The number of nitrogens with one attached hydrogen (secondary N) is 1. The molecule has 0 fully saturated rings. The molecule has 0 aromatic heterocycles. The van der Waals surface area contributed by atoms with Gasteiger partial charge < -0.3 is 9.84 Å². The zero-order chi connectivity index (χ0) is 19.3. The normalized spacial score (nSPS) is 10.3. The number of phenolic OH excluding ortho intramolecular Hbond substituents is 1. The van der Waals surface area contributed by atoms with Gasteiger partial charge >= 0.3 is 0 Å². The highest BCUT2D eigenvalue weighted by Crippen LogP contribution is 2.33. The molecule has 26 heavy (non-hydrogen) atoms. The van der Waals surface area contributed by atoms with Crippen molar-refractivity contribution >= 4 is 17.8 Å². The maximum atomic E-state index is 13.7. The highest BCUT2D eigenvalue weighted by atomic mass is 19.1. The zero-order valence-electron chi connectivity index (χ0n) is 13.3. The summed E-state index contributed by atoms with van der Waals surface area (Å²) in [6, 6.07) is 7.06. The first-order valence-electron chi connectivity index (χ1n) is 6.95. The van der Waals surface area contributed by atoms with Crippen LogP contribution < -0.4 is 10.2 Å². The van der Waals surface area contributed by atoms with Gasteiger partial charge in [-0.05, 0) is 18.2 Å². The number of nitrogens with zero attached hydrogens (tertiary/aromatic N) is 3. The van der Waals surface area contributed by atoms with Crippen LogP contribution in [-0.4, -0.2) is 29.3 Å². The standard InChI is InChI=1S/C16H11FN4O5/c1-26-14-6-11(21(24)25)5-10(15(14)22)8-19-20-16(23)12-3-2-9(7-18)4-13(12)17/h2-6,8,22H,1H3,(H,20,23)/b19-8-. The first kappa shape index (κ1) is 18.3. The quantitative estimate of drug-likeness (QED) is 0.477. The van der Waals surface area contributed by atoms with Crippen molar-refractivity contribution in [2.24, 2.45) is 5.10 Å². The molecule has 9 nitrogen and oxygen atoms in total. The molecule has 2 N–H and O–H groups in total. The van der Waals surface area contributed by atoms with Gasteiger partial charge in [0, 0.05) is 11.6 Å². The van der Waals surface area contributed by atoms with Crippen molar-refractivity contribution in [1.82, 2.24) is 5.43 Å². The number of phenols is 1. The number of carbonyl (C=O) groups excluding carboxylic acids is 1. The molecule has 2 rings (SSSR count). The van der Waals surface area contributed by atoms with Crippen LogP contribution in [0.1, 0.15) is 21.5 Å². The third-order valence-corrected chi connectivity index (χ3v) is 3.23. The van der Waals surface area contributed by atoms with Crippen LogP contribution in [0, 0.1) is 27.3 Å². The first-order chi connectivity index (χ1) is 12.4. The number of ether oxygens (including phenoxy) is 1. The Labute approximate surface area is 146 Å². The van der Waals surface area contributed by atoms with E-state index in [1.807, 2.05) is 5.43 Å². The van der Waals surface area contributed by atoms with Crippen molar-refractivity contribution in [3.8, 4) is 17.6 Å². The van der Waals surface area contributed by atoms with Gasteiger partial charge in [0.15, 0.2) is 11.5 Å². The van der Waals surface area contributed by atoms with E-state index in [0.717, 1.165) is 30.5 Å². The van der Waals surface area contributed by atoms with Gasteiger partial charge in [-0.1, -0.05) is 0 Å². The molecule has 2 aromatic carbocycles. The fourth-order valence-corrected chi connectivity index (χ4v) is 1.96. The Hall–Kier alpha value is -4.00. The van der Waals surface area contributed by atoms with E-state index in [1.165, 1.54) is 13.2 Å². The topological polar surface area (TPSA) is 138 Å². The molecule has 0 aliphatic carbocycles.